The molecule has 0 saturated carbocycles. The fourth-order valence-electron chi connectivity index (χ4n) is 3.51. The van der Waals surface area contributed by atoms with E-state index in [1.807, 2.05) is 0 Å². The van der Waals surface area contributed by atoms with Crippen LogP contribution in [0.4, 0.5) is 28.9 Å². The molecule has 1 aromatic carbocycles. The van der Waals surface area contributed by atoms with Gasteiger partial charge < -0.3 is 25.0 Å². The second-order valence-corrected chi connectivity index (χ2v) is 9.52. The van der Waals surface area contributed by atoms with Crippen LogP contribution < -0.4 is 20.3 Å². The molecule has 37 heavy (non-hydrogen) atoms. The Balaban J connectivity index is 1.78. The molecule has 1 fully saturated rings. The van der Waals surface area contributed by atoms with Crippen molar-refractivity contribution in [2.75, 3.05) is 50.1 Å². The quantitative estimate of drug-likeness (QED) is 0.405. The third-order valence-corrected chi connectivity index (χ3v) is 6.46. The highest BCUT2D eigenvalue weighted by Gasteiger charge is 2.28. The molecule has 15 heteroatoms. The molecule has 1 aliphatic rings. The van der Waals surface area contributed by atoms with Gasteiger partial charge in [0.25, 0.3) is 18.2 Å². The maximum Gasteiger partial charge on any atom is 0.387 e. The topological polar surface area (TPSA) is 100 Å². The predicted molar refractivity (Wildman–Crippen MR) is 129 cm³/mol. The minimum atomic E-state index is -3.22. The normalized spacial score (nSPS) is 14.8. The molecule has 1 aliphatic heterocycles. The van der Waals surface area contributed by atoms with Crippen LogP contribution in [0.25, 0.3) is 0 Å². The van der Waals surface area contributed by atoms with Crippen molar-refractivity contribution >= 4 is 52.0 Å². The average Bonchev–Trinajstić information content (AvgIpc) is 3.25. The van der Waals surface area contributed by atoms with Crippen LogP contribution in [-0.2, 0) is 14.3 Å². The van der Waals surface area contributed by atoms with Crippen molar-refractivity contribution in [1.82, 2.24) is 10.2 Å². The van der Waals surface area contributed by atoms with Crippen molar-refractivity contribution in [3.63, 3.8) is 0 Å². The summed E-state index contributed by atoms with van der Waals surface area (Å²) in [5, 5.41) is 4.98. The summed E-state index contributed by atoms with van der Waals surface area (Å²) in [6.45, 7) is -4.24. The van der Waals surface area contributed by atoms with Crippen molar-refractivity contribution < 1.29 is 41.4 Å². The first-order valence-electron chi connectivity index (χ1n) is 10.8. The van der Waals surface area contributed by atoms with Crippen molar-refractivity contribution in [3.8, 4) is 5.75 Å². The molecule has 0 aliphatic carbocycles. The van der Waals surface area contributed by atoms with E-state index in [-0.39, 0.29) is 48.3 Å². The number of anilines is 2. The summed E-state index contributed by atoms with van der Waals surface area (Å²) >= 11 is 6.83. The van der Waals surface area contributed by atoms with Crippen LogP contribution in [0.15, 0.2) is 30.3 Å². The van der Waals surface area contributed by atoms with E-state index in [1.54, 1.807) is 0 Å². The molecule has 0 spiro atoms. The van der Waals surface area contributed by atoms with E-state index < -0.39 is 43.3 Å². The number of thiophene rings is 1. The lowest BCUT2D eigenvalue weighted by atomic mass is 10.2. The summed E-state index contributed by atoms with van der Waals surface area (Å²) in [6.07, 6.45) is -2.76. The van der Waals surface area contributed by atoms with Crippen LogP contribution in [0.2, 0.25) is 4.34 Å². The lowest BCUT2D eigenvalue weighted by Gasteiger charge is -2.29. The van der Waals surface area contributed by atoms with Crippen LogP contribution >= 0.6 is 22.9 Å². The van der Waals surface area contributed by atoms with E-state index in [2.05, 4.69) is 15.4 Å². The highest BCUT2D eigenvalue weighted by Crippen LogP contribution is 2.33. The molecule has 3 rings (SSSR count). The Labute approximate surface area is 218 Å². The first-order chi connectivity index (χ1) is 17.5. The van der Waals surface area contributed by atoms with Gasteiger partial charge in [-0.3, -0.25) is 19.3 Å². The van der Waals surface area contributed by atoms with Gasteiger partial charge >= 0.3 is 6.61 Å². The smallest absolute Gasteiger partial charge is 0.387 e. The first kappa shape index (κ1) is 28.6. The summed E-state index contributed by atoms with van der Waals surface area (Å²) < 4.78 is 62.2. The highest BCUT2D eigenvalue weighted by molar-refractivity contribution is 7.18. The zero-order chi connectivity index (χ0) is 27.1. The third kappa shape index (κ3) is 8.02. The number of morpholine rings is 1. The molecule has 1 saturated heterocycles. The second kappa shape index (κ2) is 13.0. The van der Waals surface area contributed by atoms with E-state index in [9.17, 15) is 31.9 Å². The molecule has 2 aromatic rings. The Bertz CT molecular complexity index is 1120. The number of hydrogen-bond acceptors (Lipinski definition) is 7. The molecule has 0 radical (unpaired) electrons. The molecule has 2 heterocycles. The zero-order valence-corrected chi connectivity index (χ0v) is 21.0. The summed E-state index contributed by atoms with van der Waals surface area (Å²) in [5.74, 6) is -2.17. The van der Waals surface area contributed by atoms with Crippen LogP contribution in [-0.4, -0.2) is 81.6 Å². The number of carbonyl (C=O) groups is 3. The second-order valence-electron chi connectivity index (χ2n) is 7.81. The standard InChI is InChI=1S/C22H23ClF4N4O5S/c1-30(10-18(24)25)14(9-28-21(34)16-4-5-17(23)37-16)20(33)29-12-2-3-13(15(8-12)36-22(26)27)31-6-7-35-11-19(31)32/h2-5,8,14,18,22H,6-7,9-11H2,1H3,(H,28,34)(H,29,33)/t14-/m1/s1. The van der Waals surface area contributed by atoms with E-state index in [0.717, 1.165) is 22.3 Å². The fourth-order valence-corrected chi connectivity index (χ4v) is 4.47. The summed E-state index contributed by atoms with van der Waals surface area (Å²) in [4.78, 5) is 40.1. The number of alkyl halides is 4. The lowest BCUT2D eigenvalue weighted by Crippen LogP contribution is -2.50. The summed E-state index contributed by atoms with van der Waals surface area (Å²) in [6, 6.07) is 5.51. The third-order valence-electron chi connectivity index (χ3n) is 5.23. The number of nitrogens with one attached hydrogen (secondary N) is 2. The number of halogens is 5. The van der Waals surface area contributed by atoms with Gasteiger partial charge in [0.15, 0.2) is 5.75 Å². The number of hydrogen-bond donors (Lipinski definition) is 2. The van der Waals surface area contributed by atoms with Gasteiger partial charge in [-0.2, -0.15) is 8.78 Å². The number of carbonyl (C=O) groups excluding carboxylic acids is 3. The lowest BCUT2D eigenvalue weighted by molar-refractivity contribution is -0.126. The van der Waals surface area contributed by atoms with Crippen LogP contribution in [0.3, 0.4) is 0 Å². The molecule has 2 N–H and O–H groups in total. The minimum Gasteiger partial charge on any atom is -0.433 e. The summed E-state index contributed by atoms with van der Waals surface area (Å²) in [7, 11) is 1.28. The molecule has 0 unspecified atom stereocenters. The van der Waals surface area contributed by atoms with Gasteiger partial charge in [-0.15, -0.1) is 11.3 Å². The van der Waals surface area contributed by atoms with Crippen molar-refractivity contribution in [3.05, 3.63) is 39.5 Å². The molecular weight excluding hydrogens is 544 g/mol. The van der Waals surface area contributed by atoms with Crippen molar-refractivity contribution in [2.24, 2.45) is 0 Å². The van der Waals surface area contributed by atoms with Crippen molar-refractivity contribution in [2.45, 2.75) is 19.1 Å². The molecular formula is C22H23ClF4N4O5S. The monoisotopic (exact) mass is 566 g/mol. The van der Waals surface area contributed by atoms with Crippen LogP contribution in [0, 0.1) is 0 Å². The Morgan fingerprint density at radius 1 is 1.24 bits per heavy atom. The Hall–Kier alpha value is -2.94. The number of amides is 3. The number of likely N-dealkylation sites (N-methyl/N-ethyl adjacent to an activating group) is 1. The molecule has 1 atom stereocenters. The van der Waals surface area contributed by atoms with E-state index in [1.165, 1.54) is 36.2 Å². The number of rotatable bonds is 11. The van der Waals surface area contributed by atoms with E-state index in [4.69, 9.17) is 16.3 Å². The highest BCUT2D eigenvalue weighted by atomic mass is 35.5. The number of nitrogens with zero attached hydrogens (tertiary/aromatic N) is 2. The zero-order valence-electron chi connectivity index (χ0n) is 19.4. The van der Waals surface area contributed by atoms with E-state index in [0.29, 0.717) is 4.34 Å². The van der Waals surface area contributed by atoms with Crippen LogP contribution in [0.5, 0.6) is 5.75 Å². The summed E-state index contributed by atoms with van der Waals surface area (Å²) in [5.41, 5.74) is 0.0664. The molecule has 9 nitrogen and oxygen atoms in total. The van der Waals surface area contributed by atoms with Gasteiger partial charge in [0.2, 0.25) is 5.91 Å². The van der Waals surface area contributed by atoms with Crippen molar-refractivity contribution in [1.29, 1.82) is 0 Å². The number of benzene rings is 1. The predicted octanol–water partition coefficient (Wildman–Crippen LogP) is 3.30. The van der Waals surface area contributed by atoms with E-state index >= 15 is 0 Å². The van der Waals surface area contributed by atoms with Gasteiger partial charge in [-0.25, -0.2) is 8.78 Å². The Morgan fingerprint density at radius 2 is 2.00 bits per heavy atom. The van der Waals surface area contributed by atoms with Crippen LogP contribution in [0.1, 0.15) is 9.67 Å². The minimum absolute atomic E-state index is 0.0110. The Morgan fingerprint density at radius 3 is 2.62 bits per heavy atom. The SMILES string of the molecule is CN(CC(F)F)[C@H](CNC(=O)c1ccc(Cl)s1)C(=O)Nc1ccc(N2CCOCC2=O)c(OC(F)F)c1. The molecule has 0 bridgehead atoms. The van der Waals surface area contributed by atoms with Gasteiger partial charge in [0.1, 0.15) is 12.6 Å². The Kier molecular flexibility index (Phi) is 10.1. The molecule has 202 valence electrons. The fraction of sp³-hybridized carbons (Fsp3) is 0.409. The van der Waals surface area contributed by atoms with Gasteiger partial charge in [-0.1, -0.05) is 11.6 Å². The number of ether oxygens (including phenoxy) is 2. The average molecular weight is 567 g/mol. The first-order valence-corrected chi connectivity index (χ1v) is 12.0. The van der Waals surface area contributed by atoms with Gasteiger partial charge in [0.05, 0.1) is 28.1 Å². The molecule has 3 amide bonds. The maximum absolute atomic E-state index is 13.1. The van der Waals surface area contributed by atoms with Gasteiger partial charge in [0, 0.05) is 24.8 Å². The molecule has 1 aromatic heterocycles. The van der Waals surface area contributed by atoms with Gasteiger partial charge in [-0.05, 0) is 31.3 Å². The maximum atomic E-state index is 13.1. The largest absolute Gasteiger partial charge is 0.433 e.